The molecule has 2 atom stereocenters. The van der Waals surface area contributed by atoms with Gasteiger partial charge in [0.25, 0.3) is 11.5 Å². The molecule has 1 aliphatic carbocycles. The molecule has 1 aliphatic rings. The Kier molecular flexibility index (Phi) is 3.56. The van der Waals surface area contributed by atoms with Crippen molar-refractivity contribution in [1.29, 1.82) is 0 Å². The highest BCUT2D eigenvalue weighted by Crippen LogP contribution is 2.51. The van der Waals surface area contributed by atoms with Gasteiger partial charge in [-0.2, -0.15) is 0 Å². The maximum absolute atomic E-state index is 12.5. The van der Waals surface area contributed by atoms with Crippen molar-refractivity contribution in [2.24, 2.45) is 5.41 Å². The Labute approximate surface area is 135 Å². The lowest BCUT2D eigenvalue weighted by atomic mass is 9.56. The van der Waals surface area contributed by atoms with Gasteiger partial charge in [-0.15, -0.1) is 0 Å². The minimum absolute atomic E-state index is 0.00919. The van der Waals surface area contributed by atoms with Crippen LogP contribution in [0.5, 0.6) is 0 Å². The van der Waals surface area contributed by atoms with Gasteiger partial charge in [-0.05, 0) is 30.9 Å². The molecule has 0 radical (unpaired) electrons. The van der Waals surface area contributed by atoms with Crippen LogP contribution in [-0.4, -0.2) is 29.6 Å². The zero-order valence-electron chi connectivity index (χ0n) is 13.9. The number of carbonyl (C=O) groups is 1. The van der Waals surface area contributed by atoms with E-state index in [4.69, 9.17) is 4.74 Å². The van der Waals surface area contributed by atoms with E-state index in [1.807, 2.05) is 19.1 Å². The predicted molar refractivity (Wildman–Crippen MR) is 89.6 cm³/mol. The van der Waals surface area contributed by atoms with Gasteiger partial charge >= 0.3 is 0 Å². The van der Waals surface area contributed by atoms with Crippen molar-refractivity contribution in [3.63, 3.8) is 0 Å². The summed E-state index contributed by atoms with van der Waals surface area (Å²) in [4.78, 5) is 27.3. The van der Waals surface area contributed by atoms with E-state index in [1.165, 1.54) is 0 Å². The molecule has 1 amide bonds. The normalized spacial score (nSPS) is 25.8. The summed E-state index contributed by atoms with van der Waals surface area (Å²) in [6, 6.07) is 8.95. The minimum atomic E-state index is -0.260. The van der Waals surface area contributed by atoms with Crippen molar-refractivity contribution in [2.75, 3.05) is 7.11 Å². The third-order valence-corrected chi connectivity index (χ3v) is 5.58. The molecule has 1 heterocycles. The van der Waals surface area contributed by atoms with Gasteiger partial charge in [0.2, 0.25) is 0 Å². The zero-order chi connectivity index (χ0) is 16.8. The third kappa shape index (κ3) is 2.36. The molecule has 0 saturated heterocycles. The number of hydrogen-bond donors (Lipinski definition) is 2. The van der Waals surface area contributed by atoms with Crippen LogP contribution in [0.1, 0.15) is 37.7 Å². The van der Waals surface area contributed by atoms with E-state index in [-0.39, 0.29) is 34.2 Å². The van der Waals surface area contributed by atoms with Crippen LogP contribution in [0.15, 0.2) is 35.1 Å². The molecule has 2 N–H and O–H groups in total. The number of amides is 1. The molecule has 0 aliphatic heterocycles. The van der Waals surface area contributed by atoms with Crippen LogP contribution in [0.2, 0.25) is 0 Å². The van der Waals surface area contributed by atoms with Crippen molar-refractivity contribution in [3.8, 4) is 0 Å². The second-order valence-electron chi connectivity index (χ2n) is 6.99. The fraction of sp³-hybridized carbons (Fsp3) is 0.444. The second-order valence-corrected chi connectivity index (χ2v) is 6.99. The van der Waals surface area contributed by atoms with Crippen LogP contribution in [0.3, 0.4) is 0 Å². The fourth-order valence-corrected chi connectivity index (χ4v) is 3.29. The standard InChI is InChI=1S/C18H22N2O3/c1-17(2)14(10-18(17,3)23-4)20-16(22)13-9-11-7-5-6-8-12(11)15(21)19-13/h5-9,14H,10H2,1-4H3,(H,19,21)(H,20,22)/t14-,18+/m0/s1. The lowest BCUT2D eigenvalue weighted by molar-refractivity contribution is -0.177. The molecule has 0 spiro atoms. The van der Waals surface area contributed by atoms with E-state index in [1.54, 1.807) is 25.3 Å². The lowest BCUT2D eigenvalue weighted by Crippen LogP contribution is -2.68. The molecule has 1 fully saturated rings. The topological polar surface area (TPSA) is 71.2 Å². The van der Waals surface area contributed by atoms with Crippen LogP contribution < -0.4 is 10.9 Å². The highest BCUT2D eigenvalue weighted by molar-refractivity contribution is 5.96. The van der Waals surface area contributed by atoms with E-state index in [9.17, 15) is 9.59 Å². The monoisotopic (exact) mass is 314 g/mol. The van der Waals surface area contributed by atoms with Crippen LogP contribution in [0.25, 0.3) is 10.8 Å². The summed E-state index contributed by atoms with van der Waals surface area (Å²) in [5.41, 5.74) is -0.380. The number of hydrogen-bond acceptors (Lipinski definition) is 3. The predicted octanol–water partition coefficient (Wildman–Crippen LogP) is 2.46. The largest absolute Gasteiger partial charge is 0.378 e. The highest BCUT2D eigenvalue weighted by atomic mass is 16.5. The average Bonchev–Trinajstić information content (AvgIpc) is 2.54. The number of aromatic amines is 1. The quantitative estimate of drug-likeness (QED) is 0.914. The molecule has 122 valence electrons. The Bertz CT molecular complexity index is 824. The Balaban J connectivity index is 1.84. The summed E-state index contributed by atoms with van der Waals surface area (Å²) in [5.74, 6) is -0.260. The number of methoxy groups -OCH3 is 1. The Hall–Kier alpha value is -2.14. The number of H-pyrrole nitrogens is 1. The number of rotatable bonds is 3. The third-order valence-electron chi connectivity index (χ3n) is 5.58. The summed E-state index contributed by atoms with van der Waals surface area (Å²) in [6.45, 7) is 6.20. The average molecular weight is 314 g/mol. The molecule has 2 aromatic rings. The first-order valence-electron chi connectivity index (χ1n) is 7.76. The molecule has 0 bridgehead atoms. The van der Waals surface area contributed by atoms with E-state index in [0.29, 0.717) is 5.39 Å². The van der Waals surface area contributed by atoms with Crippen molar-refractivity contribution >= 4 is 16.7 Å². The molecule has 5 heteroatoms. The van der Waals surface area contributed by atoms with Gasteiger partial charge in [0.15, 0.2) is 0 Å². The number of pyridine rings is 1. The second kappa shape index (κ2) is 5.20. The van der Waals surface area contributed by atoms with Crippen LogP contribution in [0.4, 0.5) is 0 Å². The first-order valence-corrected chi connectivity index (χ1v) is 7.76. The van der Waals surface area contributed by atoms with E-state index in [2.05, 4.69) is 24.1 Å². The number of benzene rings is 1. The lowest BCUT2D eigenvalue weighted by Gasteiger charge is -2.59. The molecule has 3 rings (SSSR count). The van der Waals surface area contributed by atoms with Crippen LogP contribution >= 0.6 is 0 Å². The Morgan fingerprint density at radius 1 is 1.30 bits per heavy atom. The Morgan fingerprint density at radius 2 is 2.00 bits per heavy atom. The van der Waals surface area contributed by atoms with E-state index >= 15 is 0 Å². The van der Waals surface area contributed by atoms with Gasteiger partial charge in [0.1, 0.15) is 5.69 Å². The first-order chi connectivity index (χ1) is 10.8. The molecular weight excluding hydrogens is 292 g/mol. The number of ether oxygens (including phenoxy) is 1. The van der Waals surface area contributed by atoms with Crippen molar-refractivity contribution < 1.29 is 9.53 Å². The van der Waals surface area contributed by atoms with E-state index in [0.717, 1.165) is 11.8 Å². The molecule has 0 unspecified atom stereocenters. The summed E-state index contributed by atoms with van der Waals surface area (Å²) < 4.78 is 5.57. The number of aromatic nitrogens is 1. The Morgan fingerprint density at radius 3 is 2.65 bits per heavy atom. The maximum Gasteiger partial charge on any atom is 0.268 e. The number of nitrogens with one attached hydrogen (secondary N) is 2. The smallest absolute Gasteiger partial charge is 0.268 e. The van der Waals surface area contributed by atoms with Crippen LogP contribution in [0, 0.1) is 5.41 Å². The van der Waals surface area contributed by atoms with Gasteiger partial charge in [-0.25, -0.2) is 0 Å². The SMILES string of the molecule is CO[C@]1(C)C[C@H](NC(=O)c2cc3ccccc3c(=O)[nH]2)C1(C)C. The minimum Gasteiger partial charge on any atom is -0.378 e. The maximum atomic E-state index is 12.5. The summed E-state index contributed by atoms with van der Waals surface area (Å²) in [6.07, 6.45) is 0.750. The van der Waals surface area contributed by atoms with Crippen LogP contribution in [-0.2, 0) is 4.74 Å². The first kappa shape index (κ1) is 15.7. The number of carbonyl (C=O) groups excluding carboxylic acids is 1. The fourth-order valence-electron chi connectivity index (χ4n) is 3.29. The summed E-state index contributed by atoms with van der Waals surface area (Å²) >= 11 is 0. The number of fused-ring (bicyclic) bond motifs is 1. The molecule has 1 aromatic heterocycles. The zero-order valence-corrected chi connectivity index (χ0v) is 13.9. The van der Waals surface area contributed by atoms with Gasteiger partial charge in [-0.1, -0.05) is 32.0 Å². The molecule has 23 heavy (non-hydrogen) atoms. The van der Waals surface area contributed by atoms with Gasteiger partial charge in [0, 0.05) is 24.0 Å². The van der Waals surface area contributed by atoms with Crippen molar-refractivity contribution in [2.45, 2.75) is 38.8 Å². The van der Waals surface area contributed by atoms with Gasteiger partial charge < -0.3 is 15.0 Å². The highest BCUT2D eigenvalue weighted by Gasteiger charge is 2.58. The van der Waals surface area contributed by atoms with Gasteiger partial charge in [0.05, 0.1) is 5.60 Å². The van der Waals surface area contributed by atoms with Gasteiger partial charge in [-0.3, -0.25) is 9.59 Å². The molecule has 5 nitrogen and oxygen atoms in total. The molecule has 1 saturated carbocycles. The summed E-state index contributed by atoms with van der Waals surface area (Å²) in [7, 11) is 1.70. The van der Waals surface area contributed by atoms with E-state index < -0.39 is 0 Å². The van der Waals surface area contributed by atoms with Crippen molar-refractivity contribution in [3.05, 3.63) is 46.4 Å². The molecular formula is C18H22N2O3. The summed E-state index contributed by atoms with van der Waals surface area (Å²) in [5, 5.41) is 4.36. The molecule has 1 aromatic carbocycles. The van der Waals surface area contributed by atoms with Crippen molar-refractivity contribution in [1.82, 2.24) is 10.3 Å².